The Hall–Kier alpha value is 1.20. The van der Waals surface area contributed by atoms with Gasteiger partial charge in [0.25, 0.3) is 0 Å². The molecule has 0 spiro atoms. The molecule has 0 saturated carbocycles. The third-order valence-electron chi connectivity index (χ3n) is 0.701. The summed E-state index contributed by atoms with van der Waals surface area (Å²) in [6.45, 7) is 7.14. The van der Waals surface area contributed by atoms with Crippen molar-refractivity contribution in [3.63, 3.8) is 0 Å². The molecule has 1 atom stereocenters. The van der Waals surface area contributed by atoms with Crippen LogP contribution >= 0.6 is 24.9 Å². The van der Waals surface area contributed by atoms with Crippen molar-refractivity contribution in [2.24, 2.45) is 0 Å². The van der Waals surface area contributed by atoms with Crippen LogP contribution in [0.25, 0.3) is 0 Å². The molecule has 0 aromatic rings. The average Bonchev–Trinajstić information content (AvgIpc) is 2.09. The normalized spacial score (nSPS) is 13.4. The van der Waals surface area contributed by atoms with Gasteiger partial charge in [-0.05, 0) is 0 Å². The Morgan fingerprint density at radius 3 is 1.94 bits per heavy atom. The van der Waals surface area contributed by atoms with Crippen LogP contribution in [0.5, 0.6) is 0 Å². The molecule has 0 heterocycles. The first kappa shape index (κ1) is 23.3. The molecule has 0 aliphatic heterocycles. The molecule has 11 heteroatoms. The van der Waals surface area contributed by atoms with Crippen LogP contribution in [0.4, 0.5) is 0 Å². The fourth-order valence-corrected chi connectivity index (χ4v) is 2.98. The van der Waals surface area contributed by atoms with Gasteiger partial charge < -0.3 is 28.7 Å². The Morgan fingerprint density at radius 2 is 1.65 bits per heavy atom. The van der Waals surface area contributed by atoms with Gasteiger partial charge in [0.2, 0.25) is 0 Å². The Morgan fingerprint density at radius 1 is 1.24 bits per heavy atom. The van der Waals surface area contributed by atoms with Crippen LogP contribution in [0.15, 0.2) is 25.3 Å². The molecular weight excluding hydrogens is 390 g/mol. The van der Waals surface area contributed by atoms with E-state index in [0.717, 1.165) is 11.4 Å². The van der Waals surface area contributed by atoms with Gasteiger partial charge in [0, 0.05) is 11.4 Å². The largest absolute Gasteiger partial charge is 4.00 e. The number of phosphoric acid groups is 1. The Kier molecular flexibility index (Phi) is 16.8. The molecule has 0 saturated heterocycles. The molecule has 98 valence electrons. The van der Waals surface area contributed by atoms with E-state index in [4.69, 9.17) is 23.8 Å². The average molecular weight is 400 g/mol. The summed E-state index contributed by atoms with van der Waals surface area (Å²) in [6, 6.07) is 0. The molecule has 17 heavy (non-hydrogen) atoms. The predicted octanol–water partition coefficient (Wildman–Crippen LogP) is -1.13. The Labute approximate surface area is 124 Å². The smallest absolute Gasteiger partial charge is 0.822 e. The summed E-state index contributed by atoms with van der Waals surface area (Å²) in [7, 11) is -5.39. The van der Waals surface area contributed by atoms with Gasteiger partial charge in [-0.15, -0.1) is 24.5 Å². The zero-order valence-corrected chi connectivity index (χ0v) is 14.0. The zero-order valence-electron chi connectivity index (χ0n) is 8.55. The van der Waals surface area contributed by atoms with Gasteiger partial charge in [-0.1, -0.05) is 24.0 Å². The quantitative estimate of drug-likeness (QED) is 0.312. The summed E-state index contributed by atoms with van der Waals surface area (Å²) in [5.41, 5.74) is -2.87. The SMILES string of the molecule is C=CCOP([O-])(=S)SCC=C.O=P([O-])([O-])[O-].[Mo+4]. The van der Waals surface area contributed by atoms with Crippen LogP contribution in [-0.4, -0.2) is 12.4 Å². The molecule has 0 N–H and O–H groups in total. The minimum absolute atomic E-state index is 0. The van der Waals surface area contributed by atoms with Gasteiger partial charge in [0.05, 0.1) is 6.61 Å². The maximum absolute atomic E-state index is 11.2. The number of hydrogen-bond donors (Lipinski definition) is 0. The summed E-state index contributed by atoms with van der Waals surface area (Å²) in [4.78, 5) is 36.8. The second-order valence-corrected chi connectivity index (χ2v) is 9.05. The summed E-state index contributed by atoms with van der Waals surface area (Å²) in [5, 5.41) is 0. The molecule has 0 amide bonds. The van der Waals surface area contributed by atoms with Crippen molar-refractivity contribution in [1.82, 2.24) is 0 Å². The first-order valence-corrected chi connectivity index (χ1v) is 9.36. The Balaban J connectivity index is -0.000000280. The van der Waals surface area contributed by atoms with E-state index >= 15 is 0 Å². The van der Waals surface area contributed by atoms with Crippen molar-refractivity contribution in [1.29, 1.82) is 0 Å². The molecule has 0 aliphatic carbocycles. The molecule has 6 nitrogen and oxygen atoms in total. The fourth-order valence-electron chi connectivity index (χ4n) is 0.325. The summed E-state index contributed by atoms with van der Waals surface area (Å²) in [5.74, 6) is 0.553. The molecule has 0 aromatic carbocycles. The van der Waals surface area contributed by atoms with Crippen molar-refractivity contribution in [2.75, 3.05) is 12.4 Å². The second kappa shape index (κ2) is 12.2. The van der Waals surface area contributed by atoms with E-state index in [-0.39, 0.29) is 27.7 Å². The first-order chi connectivity index (χ1) is 7.12. The third-order valence-corrected chi connectivity index (χ3v) is 4.84. The number of rotatable bonds is 6. The topological polar surface area (TPSA) is 119 Å². The van der Waals surface area contributed by atoms with Crippen LogP contribution in [0.3, 0.4) is 0 Å². The summed E-state index contributed by atoms with van der Waals surface area (Å²) >= 11 is 5.78. The van der Waals surface area contributed by atoms with E-state index in [0.29, 0.717) is 5.75 Å². The van der Waals surface area contributed by atoms with E-state index in [1.165, 1.54) is 6.08 Å². The summed E-state index contributed by atoms with van der Waals surface area (Å²) < 4.78 is 13.4. The van der Waals surface area contributed by atoms with Crippen molar-refractivity contribution in [3.05, 3.63) is 25.3 Å². The van der Waals surface area contributed by atoms with Crippen LogP contribution in [0.1, 0.15) is 0 Å². The maximum atomic E-state index is 11.2. The van der Waals surface area contributed by atoms with Crippen molar-refractivity contribution in [3.8, 4) is 0 Å². The monoisotopic (exact) mass is 402 g/mol. The summed E-state index contributed by atoms with van der Waals surface area (Å²) in [6.07, 6.45) is 3.16. The van der Waals surface area contributed by atoms with Crippen molar-refractivity contribution < 1.29 is 49.7 Å². The Bertz CT molecular complexity index is 283. The van der Waals surface area contributed by atoms with Gasteiger partial charge in [0.1, 0.15) is 0 Å². The van der Waals surface area contributed by atoms with Gasteiger partial charge in [-0.3, -0.25) is 0 Å². The van der Waals surface area contributed by atoms with Crippen molar-refractivity contribution in [2.45, 2.75) is 0 Å². The van der Waals surface area contributed by atoms with E-state index in [1.807, 2.05) is 0 Å². The van der Waals surface area contributed by atoms with Crippen LogP contribution in [0.2, 0.25) is 0 Å². The van der Waals surface area contributed by atoms with Crippen LogP contribution in [0, 0.1) is 0 Å². The van der Waals surface area contributed by atoms with Crippen LogP contribution in [-0.2, 0) is 42.0 Å². The standard InChI is InChI=1S/C6H11O2PS2.Mo.H3O4P/c1-3-5-8-9(7,10)11-6-4-2;;1-5(2,3)4/h3-4H,1-2,5-6H2,(H,7,10);;(H3,1,2,3,4)/q;+4;/p-4. The van der Waals surface area contributed by atoms with Gasteiger partial charge in [-0.25, -0.2) is 0 Å². The van der Waals surface area contributed by atoms with Gasteiger partial charge >= 0.3 is 21.1 Å². The van der Waals surface area contributed by atoms with Gasteiger partial charge in [0.15, 0.2) is 0 Å². The molecule has 0 bridgehead atoms. The van der Waals surface area contributed by atoms with Crippen LogP contribution < -0.4 is 19.6 Å². The van der Waals surface area contributed by atoms with Gasteiger partial charge in [-0.2, -0.15) is 7.82 Å². The van der Waals surface area contributed by atoms with Crippen molar-refractivity contribution >= 4 is 36.7 Å². The molecule has 0 aromatic heterocycles. The molecule has 0 rings (SSSR count). The molecule has 0 aliphatic rings. The fraction of sp³-hybridized carbons (Fsp3) is 0.333. The molecule has 0 radical (unpaired) electrons. The maximum Gasteiger partial charge on any atom is 4.00 e. The number of hydrogen-bond acceptors (Lipinski definition) is 8. The predicted molar refractivity (Wildman–Crippen MR) is 60.7 cm³/mol. The minimum atomic E-state index is -5.39. The molecule has 1 unspecified atom stereocenters. The van der Waals surface area contributed by atoms with E-state index in [2.05, 4.69) is 25.0 Å². The molecule has 0 fully saturated rings. The first-order valence-electron chi connectivity index (χ1n) is 3.67. The zero-order chi connectivity index (χ0) is 13.2. The third kappa shape index (κ3) is 31.7. The molecular formula is C6H10MoO6P2S2. The second-order valence-electron chi connectivity index (χ2n) is 2.06. The minimum Gasteiger partial charge on any atom is -0.822 e. The van der Waals surface area contributed by atoms with E-state index in [9.17, 15) is 4.89 Å². The van der Waals surface area contributed by atoms with E-state index in [1.54, 1.807) is 6.08 Å². The van der Waals surface area contributed by atoms with E-state index < -0.39 is 13.5 Å².